The maximum Gasteiger partial charge on any atom is 0.140 e. The van der Waals surface area contributed by atoms with Gasteiger partial charge >= 0.3 is 0 Å². The molecule has 2 nitrogen and oxygen atoms in total. The summed E-state index contributed by atoms with van der Waals surface area (Å²) in [5.41, 5.74) is 7.19. The number of nitriles is 1. The normalized spacial score (nSPS) is 18.6. The van der Waals surface area contributed by atoms with Gasteiger partial charge in [-0.05, 0) is 36.5 Å². The van der Waals surface area contributed by atoms with Crippen LogP contribution in [0.15, 0.2) is 18.2 Å². The zero-order chi connectivity index (χ0) is 12.3. The van der Waals surface area contributed by atoms with Gasteiger partial charge in [-0.3, -0.25) is 0 Å². The number of rotatable bonds is 2. The number of nitrogens with zero attached hydrogens (tertiary/aromatic N) is 1. The van der Waals surface area contributed by atoms with E-state index < -0.39 is 5.82 Å². The van der Waals surface area contributed by atoms with Gasteiger partial charge in [-0.1, -0.05) is 25.3 Å². The van der Waals surface area contributed by atoms with Crippen molar-refractivity contribution >= 4 is 0 Å². The van der Waals surface area contributed by atoms with Crippen molar-refractivity contribution in [3.8, 4) is 6.07 Å². The van der Waals surface area contributed by atoms with Crippen molar-refractivity contribution in [2.45, 2.75) is 38.1 Å². The van der Waals surface area contributed by atoms with E-state index in [0.717, 1.165) is 18.4 Å². The Morgan fingerprint density at radius 2 is 2.00 bits per heavy atom. The highest BCUT2D eigenvalue weighted by molar-refractivity contribution is 5.35. The Morgan fingerprint density at radius 3 is 2.65 bits per heavy atom. The molecule has 0 aliphatic heterocycles. The highest BCUT2D eigenvalue weighted by Gasteiger charge is 2.22. The van der Waals surface area contributed by atoms with E-state index in [4.69, 9.17) is 11.0 Å². The summed E-state index contributed by atoms with van der Waals surface area (Å²) in [6, 6.07) is 6.44. The van der Waals surface area contributed by atoms with Gasteiger partial charge in [-0.25, -0.2) is 4.39 Å². The lowest BCUT2D eigenvalue weighted by atomic mass is 9.81. The quantitative estimate of drug-likeness (QED) is 0.850. The Bertz CT molecular complexity index is 430. The first-order valence-electron chi connectivity index (χ1n) is 6.17. The maximum atomic E-state index is 13.2. The molecule has 1 fully saturated rings. The summed E-state index contributed by atoms with van der Waals surface area (Å²) < 4.78 is 13.2. The monoisotopic (exact) mass is 232 g/mol. The standard InChI is InChI=1S/C14H17FN2/c15-13-7-6-11(8-12(13)9-16)14(17)10-4-2-1-3-5-10/h6-8,10,14H,1-5,17H2/t14-/m1/s1. The molecule has 0 bridgehead atoms. The van der Waals surface area contributed by atoms with Gasteiger partial charge in [0.05, 0.1) is 5.56 Å². The molecule has 1 aliphatic carbocycles. The lowest BCUT2D eigenvalue weighted by Crippen LogP contribution is -2.23. The minimum absolute atomic E-state index is 0.0667. The average molecular weight is 232 g/mol. The van der Waals surface area contributed by atoms with Gasteiger partial charge in [-0.2, -0.15) is 5.26 Å². The number of benzene rings is 1. The Balaban J connectivity index is 2.18. The summed E-state index contributed by atoms with van der Waals surface area (Å²) in [4.78, 5) is 0. The van der Waals surface area contributed by atoms with Crippen LogP contribution in [0.3, 0.4) is 0 Å². The van der Waals surface area contributed by atoms with Crippen LogP contribution in [0.25, 0.3) is 0 Å². The summed E-state index contributed by atoms with van der Waals surface area (Å²) in [5, 5.41) is 8.80. The van der Waals surface area contributed by atoms with Crippen LogP contribution in [0, 0.1) is 23.1 Å². The first-order chi connectivity index (χ1) is 8.22. The average Bonchev–Trinajstić information content (AvgIpc) is 2.39. The number of hydrogen-bond acceptors (Lipinski definition) is 2. The van der Waals surface area contributed by atoms with E-state index in [1.807, 2.05) is 6.07 Å². The van der Waals surface area contributed by atoms with E-state index in [0.29, 0.717) is 5.92 Å². The van der Waals surface area contributed by atoms with Gasteiger partial charge in [0.2, 0.25) is 0 Å². The summed E-state index contributed by atoms with van der Waals surface area (Å²) in [7, 11) is 0. The van der Waals surface area contributed by atoms with Crippen LogP contribution in [0.1, 0.15) is 49.3 Å². The molecule has 3 heteroatoms. The highest BCUT2D eigenvalue weighted by Crippen LogP contribution is 2.33. The lowest BCUT2D eigenvalue weighted by Gasteiger charge is -2.27. The predicted octanol–water partition coefficient (Wildman–Crippen LogP) is 3.28. The third-order valence-corrected chi connectivity index (χ3v) is 3.65. The molecular weight excluding hydrogens is 215 g/mol. The highest BCUT2D eigenvalue weighted by atomic mass is 19.1. The SMILES string of the molecule is N#Cc1cc([C@H](N)C2CCCCC2)ccc1F. The zero-order valence-electron chi connectivity index (χ0n) is 9.82. The molecule has 0 amide bonds. The molecule has 1 saturated carbocycles. The molecule has 1 aliphatic rings. The van der Waals surface area contributed by atoms with Crippen LogP contribution in [-0.4, -0.2) is 0 Å². The van der Waals surface area contributed by atoms with E-state index in [9.17, 15) is 4.39 Å². The molecule has 0 saturated heterocycles. The van der Waals surface area contributed by atoms with E-state index in [1.165, 1.54) is 25.3 Å². The fourth-order valence-electron chi connectivity index (χ4n) is 2.60. The second-order valence-corrected chi connectivity index (χ2v) is 4.77. The van der Waals surface area contributed by atoms with Crippen LogP contribution >= 0.6 is 0 Å². The van der Waals surface area contributed by atoms with E-state index in [1.54, 1.807) is 12.1 Å². The maximum absolute atomic E-state index is 13.2. The van der Waals surface area contributed by atoms with Crippen LogP contribution in [0.5, 0.6) is 0 Å². The van der Waals surface area contributed by atoms with Gasteiger partial charge in [0.15, 0.2) is 0 Å². The smallest absolute Gasteiger partial charge is 0.140 e. The molecule has 1 atom stereocenters. The van der Waals surface area contributed by atoms with Crippen molar-refractivity contribution in [2.75, 3.05) is 0 Å². The van der Waals surface area contributed by atoms with Gasteiger partial charge in [-0.15, -0.1) is 0 Å². The molecule has 2 rings (SSSR count). The Hall–Kier alpha value is -1.40. The molecule has 0 spiro atoms. The van der Waals surface area contributed by atoms with Crippen LogP contribution in [0.2, 0.25) is 0 Å². The summed E-state index contributed by atoms with van der Waals surface area (Å²) in [6.45, 7) is 0. The first-order valence-corrected chi connectivity index (χ1v) is 6.17. The largest absolute Gasteiger partial charge is 0.324 e. The topological polar surface area (TPSA) is 49.8 Å². The molecule has 2 N–H and O–H groups in total. The van der Waals surface area contributed by atoms with Crippen LogP contribution in [0.4, 0.5) is 4.39 Å². The minimum Gasteiger partial charge on any atom is -0.324 e. The minimum atomic E-state index is -0.466. The number of halogens is 1. The molecular formula is C14H17FN2. The molecule has 0 heterocycles. The van der Waals surface area contributed by atoms with Crippen molar-refractivity contribution in [3.05, 3.63) is 35.1 Å². The summed E-state index contributed by atoms with van der Waals surface area (Å²) in [5.74, 6) is 0.00727. The van der Waals surface area contributed by atoms with E-state index in [-0.39, 0.29) is 11.6 Å². The Labute approximate surface area is 101 Å². The van der Waals surface area contributed by atoms with Crippen molar-refractivity contribution in [3.63, 3.8) is 0 Å². The van der Waals surface area contributed by atoms with Crippen molar-refractivity contribution < 1.29 is 4.39 Å². The molecule has 90 valence electrons. The first kappa shape index (κ1) is 12.1. The van der Waals surface area contributed by atoms with Gasteiger partial charge in [0.1, 0.15) is 11.9 Å². The van der Waals surface area contributed by atoms with Crippen LogP contribution in [-0.2, 0) is 0 Å². The van der Waals surface area contributed by atoms with Gasteiger partial charge in [0, 0.05) is 6.04 Å². The van der Waals surface area contributed by atoms with Crippen molar-refractivity contribution in [1.82, 2.24) is 0 Å². The molecule has 1 aromatic rings. The second-order valence-electron chi connectivity index (χ2n) is 4.77. The van der Waals surface area contributed by atoms with Crippen molar-refractivity contribution in [1.29, 1.82) is 5.26 Å². The van der Waals surface area contributed by atoms with Crippen molar-refractivity contribution in [2.24, 2.45) is 11.7 Å². The Morgan fingerprint density at radius 1 is 1.29 bits per heavy atom. The zero-order valence-corrected chi connectivity index (χ0v) is 9.82. The predicted molar refractivity (Wildman–Crippen MR) is 64.6 cm³/mol. The third kappa shape index (κ3) is 2.65. The third-order valence-electron chi connectivity index (χ3n) is 3.65. The summed E-state index contributed by atoms with van der Waals surface area (Å²) >= 11 is 0. The van der Waals surface area contributed by atoms with E-state index in [2.05, 4.69) is 0 Å². The Kier molecular flexibility index (Phi) is 3.75. The van der Waals surface area contributed by atoms with Gasteiger partial charge in [0.25, 0.3) is 0 Å². The second kappa shape index (κ2) is 5.29. The lowest BCUT2D eigenvalue weighted by molar-refractivity contribution is 0.308. The number of nitrogens with two attached hydrogens (primary N) is 1. The molecule has 0 unspecified atom stereocenters. The fraction of sp³-hybridized carbons (Fsp3) is 0.500. The number of hydrogen-bond donors (Lipinski definition) is 1. The molecule has 0 radical (unpaired) electrons. The van der Waals surface area contributed by atoms with Gasteiger partial charge < -0.3 is 5.73 Å². The fourth-order valence-corrected chi connectivity index (χ4v) is 2.60. The molecule has 0 aromatic heterocycles. The molecule has 1 aromatic carbocycles. The van der Waals surface area contributed by atoms with E-state index >= 15 is 0 Å². The van der Waals surface area contributed by atoms with Crippen LogP contribution < -0.4 is 5.73 Å². The molecule has 17 heavy (non-hydrogen) atoms. The summed E-state index contributed by atoms with van der Waals surface area (Å²) in [6.07, 6.45) is 6.02.